The third-order valence-electron chi connectivity index (χ3n) is 3.65. The Kier molecular flexibility index (Phi) is 5.79. The minimum atomic E-state index is 0.762. The van der Waals surface area contributed by atoms with Crippen LogP contribution < -0.4 is 5.32 Å². The molecule has 1 rings (SSSR count). The summed E-state index contributed by atoms with van der Waals surface area (Å²) >= 11 is 0. The van der Waals surface area contributed by atoms with Crippen LogP contribution >= 0.6 is 0 Å². The van der Waals surface area contributed by atoms with Crippen LogP contribution in [0.4, 0.5) is 0 Å². The number of terminal acetylenes is 1. The highest BCUT2D eigenvalue weighted by atomic mass is 14.9. The average Bonchev–Trinajstić information content (AvgIpc) is 2.25. The lowest BCUT2D eigenvalue weighted by atomic mass is 9.80. The molecule has 0 radical (unpaired) electrons. The molecule has 0 heterocycles. The third kappa shape index (κ3) is 4.71. The van der Waals surface area contributed by atoms with Crippen LogP contribution in [0.15, 0.2) is 0 Å². The predicted octanol–water partition coefficient (Wildman–Crippen LogP) is 3.20. The number of unbranched alkanes of at least 4 members (excludes halogenated alkanes) is 1. The summed E-state index contributed by atoms with van der Waals surface area (Å²) in [6.07, 6.45) is 12.8. The summed E-state index contributed by atoms with van der Waals surface area (Å²) in [6.45, 7) is 5.80. The molecule has 0 aromatic carbocycles. The summed E-state index contributed by atoms with van der Waals surface area (Å²) < 4.78 is 0. The lowest BCUT2D eigenvalue weighted by Gasteiger charge is -2.31. The van der Waals surface area contributed by atoms with Gasteiger partial charge < -0.3 is 5.32 Å². The maximum Gasteiger partial charge on any atom is 0.00981 e. The normalized spacial score (nSPS) is 26.5. The Hall–Kier alpha value is -0.480. The molecule has 1 heteroatoms. The van der Waals surface area contributed by atoms with Gasteiger partial charge in [-0.3, -0.25) is 0 Å². The Labute approximate surface area is 95.0 Å². The molecule has 0 unspecified atom stereocenters. The fourth-order valence-electron chi connectivity index (χ4n) is 2.49. The molecule has 0 aliphatic heterocycles. The summed E-state index contributed by atoms with van der Waals surface area (Å²) in [7, 11) is 0. The van der Waals surface area contributed by atoms with E-state index in [2.05, 4.69) is 25.1 Å². The molecule has 1 N–H and O–H groups in total. The highest BCUT2D eigenvalue weighted by Crippen LogP contribution is 2.29. The maximum absolute atomic E-state index is 5.22. The van der Waals surface area contributed by atoms with E-state index in [-0.39, 0.29) is 0 Å². The standard InChI is InChI=1S/C14H25N/c1-4-5-6-11-15-14-9-7-13(8-10-14)12(2)3/h1,12-15H,5-11H2,2-3H3. The van der Waals surface area contributed by atoms with Crippen molar-refractivity contribution in [3.05, 3.63) is 0 Å². The fraction of sp³-hybridized carbons (Fsp3) is 0.857. The van der Waals surface area contributed by atoms with E-state index in [1.807, 2.05) is 0 Å². The Balaban J connectivity index is 2.07. The molecule has 1 aliphatic rings. The number of nitrogens with one attached hydrogen (secondary N) is 1. The van der Waals surface area contributed by atoms with E-state index in [1.54, 1.807) is 0 Å². The van der Waals surface area contributed by atoms with E-state index >= 15 is 0 Å². The van der Waals surface area contributed by atoms with E-state index < -0.39 is 0 Å². The Morgan fingerprint density at radius 1 is 1.27 bits per heavy atom. The summed E-state index contributed by atoms with van der Waals surface area (Å²) in [5.74, 6) is 4.52. The minimum Gasteiger partial charge on any atom is -0.314 e. The first-order valence-corrected chi connectivity index (χ1v) is 6.41. The molecule has 1 saturated carbocycles. The molecule has 15 heavy (non-hydrogen) atoms. The second kappa shape index (κ2) is 6.90. The molecule has 0 aromatic rings. The van der Waals surface area contributed by atoms with Crippen LogP contribution in [0.2, 0.25) is 0 Å². The van der Waals surface area contributed by atoms with Crippen LogP contribution in [0.1, 0.15) is 52.4 Å². The lowest BCUT2D eigenvalue weighted by molar-refractivity contribution is 0.239. The van der Waals surface area contributed by atoms with E-state index in [0.717, 1.165) is 37.3 Å². The van der Waals surface area contributed by atoms with Crippen LogP contribution in [-0.4, -0.2) is 12.6 Å². The molecule has 0 saturated heterocycles. The average molecular weight is 207 g/mol. The number of rotatable bonds is 5. The first-order valence-electron chi connectivity index (χ1n) is 6.41. The molecular formula is C14H25N. The van der Waals surface area contributed by atoms with Crippen molar-refractivity contribution in [2.45, 2.75) is 58.4 Å². The largest absolute Gasteiger partial charge is 0.314 e. The van der Waals surface area contributed by atoms with Gasteiger partial charge in [0.15, 0.2) is 0 Å². The quantitative estimate of drug-likeness (QED) is 0.539. The topological polar surface area (TPSA) is 12.0 Å². The highest BCUT2D eigenvalue weighted by molar-refractivity contribution is 4.84. The van der Waals surface area contributed by atoms with Gasteiger partial charge in [-0.2, -0.15) is 0 Å². The van der Waals surface area contributed by atoms with Gasteiger partial charge in [0.2, 0.25) is 0 Å². The lowest BCUT2D eigenvalue weighted by Crippen LogP contribution is -2.34. The molecule has 0 amide bonds. The second-order valence-electron chi connectivity index (χ2n) is 5.12. The molecule has 0 aromatic heterocycles. The van der Waals surface area contributed by atoms with E-state index in [1.165, 1.54) is 25.7 Å². The molecule has 0 bridgehead atoms. The smallest absolute Gasteiger partial charge is 0.00981 e. The number of hydrogen-bond donors (Lipinski definition) is 1. The first-order chi connectivity index (χ1) is 7.24. The molecule has 86 valence electrons. The molecule has 0 atom stereocenters. The molecule has 0 spiro atoms. The SMILES string of the molecule is C#CCCCNC1CCC(C(C)C)CC1. The van der Waals surface area contributed by atoms with Gasteiger partial charge in [0.05, 0.1) is 0 Å². The van der Waals surface area contributed by atoms with Crippen molar-refractivity contribution in [2.24, 2.45) is 11.8 Å². The van der Waals surface area contributed by atoms with Gasteiger partial charge in [-0.15, -0.1) is 12.3 Å². The van der Waals surface area contributed by atoms with Crippen LogP contribution in [-0.2, 0) is 0 Å². The number of hydrogen-bond acceptors (Lipinski definition) is 1. The monoisotopic (exact) mass is 207 g/mol. The second-order valence-corrected chi connectivity index (χ2v) is 5.12. The van der Waals surface area contributed by atoms with Crippen molar-refractivity contribution in [1.82, 2.24) is 5.32 Å². The zero-order valence-electron chi connectivity index (χ0n) is 10.3. The van der Waals surface area contributed by atoms with E-state index in [4.69, 9.17) is 6.42 Å². The van der Waals surface area contributed by atoms with E-state index in [0.29, 0.717) is 0 Å². The summed E-state index contributed by atoms with van der Waals surface area (Å²) in [6, 6.07) is 0.762. The molecule has 1 nitrogen and oxygen atoms in total. The Bertz CT molecular complexity index is 194. The van der Waals surface area contributed by atoms with Gasteiger partial charge in [-0.1, -0.05) is 13.8 Å². The summed E-state index contributed by atoms with van der Waals surface area (Å²) in [5.41, 5.74) is 0. The first kappa shape index (κ1) is 12.6. The molecular weight excluding hydrogens is 182 g/mol. The summed E-state index contributed by atoms with van der Waals surface area (Å²) in [5, 5.41) is 3.62. The van der Waals surface area contributed by atoms with Crippen LogP contribution in [0, 0.1) is 24.2 Å². The van der Waals surface area contributed by atoms with Gasteiger partial charge in [-0.05, 0) is 50.5 Å². The minimum absolute atomic E-state index is 0.762. The summed E-state index contributed by atoms with van der Waals surface area (Å²) in [4.78, 5) is 0. The van der Waals surface area contributed by atoms with Crippen LogP contribution in [0.3, 0.4) is 0 Å². The molecule has 1 fully saturated rings. The third-order valence-corrected chi connectivity index (χ3v) is 3.65. The van der Waals surface area contributed by atoms with Crippen molar-refractivity contribution in [2.75, 3.05) is 6.54 Å². The van der Waals surface area contributed by atoms with Crippen molar-refractivity contribution in [3.63, 3.8) is 0 Å². The van der Waals surface area contributed by atoms with Gasteiger partial charge in [-0.25, -0.2) is 0 Å². The predicted molar refractivity (Wildman–Crippen MR) is 66.7 cm³/mol. The van der Waals surface area contributed by atoms with Gasteiger partial charge in [0.1, 0.15) is 0 Å². The zero-order valence-corrected chi connectivity index (χ0v) is 10.3. The van der Waals surface area contributed by atoms with E-state index in [9.17, 15) is 0 Å². The highest BCUT2D eigenvalue weighted by Gasteiger charge is 2.22. The van der Waals surface area contributed by atoms with Crippen molar-refractivity contribution >= 4 is 0 Å². The van der Waals surface area contributed by atoms with Crippen molar-refractivity contribution in [1.29, 1.82) is 0 Å². The van der Waals surface area contributed by atoms with Crippen molar-refractivity contribution in [3.8, 4) is 12.3 Å². The Morgan fingerprint density at radius 3 is 2.47 bits per heavy atom. The van der Waals surface area contributed by atoms with Gasteiger partial charge in [0, 0.05) is 12.5 Å². The molecule has 1 aliphatic carbocycles. The fourth-order valence-corrected chi connectivity index (χ4v) is 2.49. The maximum atomic E-state index is 5.22. The Morgan fingerprint density at radius 2 is 1.93 bits per heavy atom. The van der Waals surface area contributed by atoms with Crippen molar-refractivity contribution < 1.29 is 0 Å². The van der Waals surface area contributed by atoms with Crippen LogP contribution in [0.5, 0.6) is 0 Å². The van der Waals surface area contributed by atoms with Gasteiger partial charge in [0.25, 0.3) is 0 Å². The van der Waals surface area contributed by atoms with Gasteiger partial charge >= 0.3 is 0 Å². The zero-order chi connectivity index (χ0) is 11.1. The van der Waals surface area contributed by atoms with Crippen LogP contribution in [0.25, 0.3) is 0 Å².